The molecule has 160 valence electrons. The molecule has 0 bridgehead atoms. The number of nitrogens with zero attached hydrogens (tertiary/aromatic N) is 5. The van der Waals surface area contributed by atoms with Crippen LogP contribution in [-0.2, 0) is 11.2 Å². The minimum absolute atomic E-state index is 0.251. The predicted molar refractivity (Wildman–Crippen MR) is 113 cm³/mol. The number of fused-ring (bicyclic) bond motifs is 1. The first-order chi connectivity index (χ1) is 15.3. The zero-order chi connectivity index (χ0) is 21.2. The van der Waals surface area contributed by atoms with Crippen LogP contribution in [0.3, 0.4) is 0 Å². The van der Waals surface area contributed by atoms with Crippen molar-refractivity contribution >= 4 is 5.82 Å². The molecule has 0 saturated carbocycles. The van der Waals surface area contributed by atoms with E-state index in [1.165, 1.54) is 0 Å². The Balaban J connectivity index is 1.59. The lowest BCUT2D eigenvalue weighted by molar-refractivity contribution is 0.122. The Hall–Kier alpha value is -3.46. The molecule has 2 aliphatic heterocycles. The Kier molecular flexibility index (Phi) is 5.25. The predicted octanol–water partition coefficient (Wildman–Crippen LogP) is 2.46. The highest BCUT2D eigenvalue weighted by atomic mass is 16.5. The summed E-state index contributed by atoms with van der Waals surface area (Å²) in [6.07, 6.45) is 7.23. The van der Waals surface area contributed by atoms with Gasteiger partial charge in [0.05, 0.1) is 44.3 Å². The van der Waals surface area contributed by atoms with Gasteiger partial charge in [0.15, 0.2) is 17.4 Å². The number of morpholine rings is 1. The van der Waals surface area contributed by atoms with Crippen LogP contribution in [0, 0.1) is 0 Å². The Morgan fingerprint density at radius 3 is 2.48 bits per heavy atom. The molecule has 0 amide bonds. The summed E-state index contributed by atoms with van der Waals surface area (Å²) >= 11 is 0. The average Bonchev–Trinajstić information content (AvgIpc) is 3.28. The van der Waals surface area contributed by atoms with Gasteiger partial charge in [-0.15, -0.1) is 0 Å². The second-order valence-corrected chi connectivity index (χ2v) is 7.25. The van der Waals surface area contributed by atoms with E-state index in [0.29, 0.717) is 37.0 Å². The van der Waals surface area contributed by atoms with Crippen molar-refractivity contribution in [2.75, 3.05) is 45.4 Å². The molecule has 31 heavy (non-hydrogen) atoms. The van der Waals surface area contributed by atoms with Crippen molar-refractivity contribution in [3.8, 4) is 28.6 Å². The van der Waals surface area contributed by atoms with Gasteiger partial charge >= 0.3 is 0 Å². The molecule has 1 saturated heterocycles. The third-order valence-corrected chi connectivity index (χ3v) is 5.49. The summed E-state index contributed by atoms with van der Waals surface area (Å²) in [5, 5.41) is 0. The molecule has 5 rings (SSSR count). The highest BCUT2D eigenvalue weighted by molar-refractivity contribution is 5.68. The maximum absolute atomic E-state index is 6.39. The van der Waals surface area contributed by atoms with Crippen LogP contribution in [0.15, 0.2) is 36.9 Å². The number of aromatic nitrogens is 4. The summed E-state index contributed by atoms with van der Waals surface area (Å²) in [5.41, 5.74) is 2.47. The highest BCUT2D eigenvalue weighted by Crippen LogP contribution is 2.44. The number of anilines is 1. The summed E-state index contributed by atoms with van der Waals surface area (Å²) in [4.78, 5) is 20.4. The van der Waals surface area contributed by atoms with E-state index in [1.807, 2.05) is 6.07 Å². The molecule has 9 nitrogen and oxygen atoms in total. The maximum Gasteiger partial charge on any atom is 0.184 e. The van der Waals surface area contributed by atoms with E-state index in [0.717, 1.165) is 41.5 Å². The van der Waals surface area contributed by atoms with Crippen molar-refractivity contribution < 1.29 is 18.9 Å². The van der Waals surface area contributed by atoms with Gasteiger partial charge in [-0.25, -0.2) is 9.97 Å². The Bertz CT molecular complexity index is 1090. The van der Waals surface area contributed by atoms with E-state index >= 15 is 0 Å². The second-order valence-electron chi connectivity index (χ2n) is 7.25. The number of hydrogen-bond donors (Lipinski definition) is 0. The Morgan fingerprint density at radius 1 is 0.968 bits per heavy atom. The van der Waals surface area contributed by atoms with Crippen LogP contribution in [0.2, 0.25) is 0 Å². The molecule has 1 atom stereocenters. The number of ether oxygens (including phenoxy) is 4. The van der Waals surface area contributed by atoms with Crippen LogP contribution in [0.1, 0.15) is 17.4 Å². The lowest BCUT2D eigenvalue weighted by Gasteiger charge is -2.29. The lowest BCUT2D eigenvalue weighted by Crippen LogP contribution is -2.37. The monoisotopic (exact) mass is 421 g/mol. The van der Waals surface area contributed by atoms with Gasteiger partial charge in [0.1, 0.15) is 17.6 Å². The normalized spacial score (nSPS) is 17.7. The molecule has 1 fully saturated rings. The van der Waals surface area contributed by atoms with Gasteiger partial charge in [-0.05, 0) is 12.1 Å². The fourth-order valence-corrected chi connectivity index (χ4v) is 3.93. The molecule has 0 radical (unpaired) electrons. The van der Waals surface area contributed by atoms with Crippen LogP contribution in [0.4, 0.5) is 5.82 Å². The summed E-state index contributed by atoms with van der Waals surface area (Å²) in [6, 6.07) is 3.64. The van der Waals surface area contributed by atoms with Gasteiger partial charge < -0.3 is 23.8 Å². The maximum atomic E-state index is 6.39. The van der Waals surface area contributed by atoms with Crippen molar-refractivity contribution in [1.29, 1.82) is 0 Å². The quantitative estimate of drug-likeness (QED) is 0.616. The molecular formula is C22H23N5O4. The van der Waals surface area contributed by atoms with Gasteiger partial charge in [-0.3, -0.25) is 9.97 Å². The van der Waals surface area contributed by atoms with Crippen molar-refractivity contribution in [2.45, 2.75) is 12.5 Å². The van der Waals surface area contributed by atoms with Crippen molar-refractivity contribution in [1.82, 2.24) is 19.9 Å². The fraction of sp³-hybridized carbons (Fsp3) is 0.364. The molecule has 0 aromatic carbocycles. The standard InChI is InChI=1S/C22H23N5O4/c1-28-17-3-5-23-12-14(17)19-11-16-20(31-19)22(27-7-9-30-10-8-27)26-21(25-16)15-13-24-6-4-18(15)29-2/h3-6,12-13,19H,7-11H2,1-2H3. The molecular weight excluding hydrogens is 398 g/mol. The van der Waals surface area contributed by atoms with Gasteiger partial charge in [0.25, 0.3) is 0 Å². The molecule has 0 aliphatic carbocycles. The van der Waals surface area contributed by atoms with Gasteiger partial charge in [-0.2, -0.15) is 0 Å². The van der Waals surface area contributed by atoms with Gasteiger partial charge in [0.2, 0.25) is 0 Å². The Morgan fingerprint density at radius 2 is 1.71 bits per heavy atom. The summed E-state index contributed by atoms with van der Waals surface area (Å²) in [5.74, 6) is 3.44. The largest absolute Gasteiger partial charge is 0.496 e. The first kappa shape index (κ1) is 19.5. The first-order valence-corrected chi connectivity index (χ1v) is 10.1. The zero-order valence-electron chi connectivity index (χ0n) is 17.4. The van der Waals surface area contributed by atoms with E-state index in [4.69, 9.17) is 28.9 Å². The van der Waals surface area contributed by atoms with E-state index in [1.54, 1.807) is 45.1 Å². The molecule has 2 aliphatic rings. The van der Waals surface area contributed by atoms with Crippen LogP contribution in [-0.4, -0.2) is 60.5 Å². The fourth-order valence-electron chi connectivity index (χ4n) is 3.93. The number of methoxy groups -OCH3 is 2. The van der Waals surface area contributed by atoms with Crippen LogP contribution >= 0.6 is 0 Å². The number of pyridine rings is 2. The highest BCUT2D eigenvalue weighted by Gasteiger charge is 2.34. The SMILES string of the molecule is COc1ccncc1-c1nc2c(c(N3CCOCC3)n1)OC(c1cnccc1OC)C2. The third-order valence-electron chi connectivity index (χ3n) is 5.49. The van der Waals surface area contributed by atoms with Gasteiger partial charge in [-0.1, -0.05) is 0 Å². The van der Waals surface area contributed by atoms with E-state index in [-0.39, 0.29) is 6.10 Å². The molecule has 3 aromatic rings. The van der Waals surface area contributed by atoms with Crippen molar-refractivity contribution in [2.24, 2.45) is 0 Å². The van der Waals surface area contributed by atoms with Crippen molar-refractivity contribution in [3.05, 3.63) is 48.2 Å². The van der Waals surface area contributed by atoms with E-state index in [2.05, 4.69) is 14.9 Å². The smallest absolute Gasteiger partial charge is 0.184 e. The topological polar surface area (TPSA) is 91.7 Å². The lowest BCUT2D eigenvalue weighted by atomic mass is 10.1. The second kappa shape index (κ2) is 8.35. The van der Waals surface area contributed by atoms with E-state index < -0.39 is 0 Å². The third kappa shape index (κ3) is 3.61. The van der Waals surface area contributed by atoms with Crippen molar-refractivity contribution in [3.63, 3.8) is 0 Å². The zero-order valence-corrected chi connectivity index (χ0v) is 17.4. The number of hydrogen-bond acceptors (Lipinski definition) is 9. The van der Waals surface area contributed by atoms with Gasteiger partial charge in [0, 0.05) is 44.3 Å². The molecule has 5 heterocycles. The summed E-state index contributed by atoms with van der Waals surface area (Å²) < 4.78 is 23.0. The molecule has 3 aromatic heterocycles. The summed E-state index contributed by atoms with van der Waals surface area (Å²) in [7, 11) is 3.27. The van der Waals surface area contributed by atoms with Crippen LogP contribution in [0.5, 0.6) is 17.2 Å². The minimum atomic E-state index is -0.251. The molecule has 0 N–H and O–H groups in total. The molecule has 0 spiro atoms. The number of rotatable bonds is 5. The Labute approximate surface area is 180 Å². The summed E-state index contributed by atoms with van der Waals surface area (Å²) in [6.45, 7) is 2.75. The van der Waals surface area contributed by atoms with E-state index in [9.17, 15) is 0 Å². The molecule has 9 heteroatoms. The molecule has 1 unspecified atom stereocenters. The first-order valence-electron chi connectivity index (χ1n) is 10.1. The minimum Gasteiger partial charge on any atom is -0.496 e. The van der Waals surface area contributed by atoms with Crippen LogP contribution in [0.25, 0.3) is 11.4 Å². The average molecular weight is 421 g/mol. The van der Waals surface area contributed by atoms with Crippen LogP contribution < -0.4 is 19.1 Å².